The van der Waals surface area contributed by atoms with Gasteiger partial charge in [0.1, 0.15) is 5.75 Å². The Morgan fingerprint density at radius 2 is 2.25 bits per heavy atom. The van der Waals surface area contributed by atoms with Gasteiger partial charge in [0, 0.05) is 19.6 Å². The third-order valence-corrected chi connectivity index (χ3v) is 4.53. The van der Waals surface area contributed by atoms with Crippen LogP contribution in [-0.4, -0.2) is 37.2 Å². The van der Waals surface area contributed by atoms with Crippen LogP contribution in [0.5, 0.6) is 5.75 Å². The molecule has 2 aliphatic rings. The number of likely N-dealkylation sites (tertiary alicyclic amines) is 1. The molecular weight excluding hydrogens is 248 g/mol. The van der Waals surface area contributed by atoms with Crippen molar-refractivity contribution in [1.29, 1.82) is 0 Å². The molecule has 1 aromatic carbocycles. The molecule has 3 heteroatoms. The summed E-state index contributed by atoms with van der Waals surface area (Å²) in [7, 11) is 0. The molecule has 0 amide bonds. The molecule has 2 fully saturated rings. The van der Waals surface area contributed by atoms with Crippen LogP contribution in [0.1, 0.15) is 32.3 Å². The SMILES string of the molecule is CC(C)Oc1cccc(CN2CCC3(CCNC3)C2)c1. The number of nitrogens with one attached hydrogen (secondary N) is 1. The Kier molecular flexibility index (Phi) is 3.99. The molecule has 2 saturated heterocycles. The zero-order chi connectivity index (χ0) is 14.0. The number of ether oxygens (including phenoxy) is 1. The van der Waals surface area contributed by atoms with Crippen LogP contribution in [0, 0.1) is 5.41 Å². The Morgan fingerprint density at radius 1 is 1.35 bits per heavy atom. The molecular formula is C17H26N2O. The Bertz CT molecular complexity index is 452. The molecule has 3 nitrogen and oxygen atoms in total. The standard InChI is InChI=1S/C17H26N2O/c1-14(2)20-16-5-3-4-15(10-16)11-19-9-7-17(13-19)6-8-18-12-17/h3-5,10,14,18H,6-9,11-13H2,1-2H3. The average molecular weight is 274 g/mol. The van der Waals surface area contributed by atoms with Crippen molar-refractivity contribution in [2.24, 2.45) is 5.41 Å². The van der Waals surface area contributed by atoms with Gasteiger partial charge in [-0.1, -0.05) is 12.1 Å². The lowest BCUT2D eigenvalue weighted by molar-refractivity contribution is 0.241. The Morgan fingerprint density at radius 3 is 3.00 bits per heavy atom. The van der Waals surface area contributed by atoms with E-state index < -0.39 is 0 Å². The van der Waals surface area contributed by atoms with Gasteiger partial charge in [0.15, 0.2) is 0 Å². The molecule has 1 aromatic rings. The van der Waals surface area contributed by atoms with Crippen molar-refractivity contribution < 1.29 is 4.74 Å². The van der Waals surface area contributed by atoms with Crippen molar-refractivity contribution in [3.63, 3.8) is 0 Å². The number of nitrogens with zero attached hydrogens (tertiary/aromatic N) is 1. The monoisotopic (exact) mass is 274 g/mol. The number of hydrogen-bond donors (Lipinski definition) is 1. The molecule has 20 heavy (non-hydrogen) atoms. The lowest BCUT2D eigenvalue weighted by Gasteiger charge is -2.23. The maximum atomic E-state index is 5.78. The molecule has 0 bridgehead atoms. The Balaban J connectivity index is 1.61. The molecule has 0 saturated carbocycles. The van der Waals surface area contributed by atoms with Gasteiger partial charge >= 0.3 is 0 Å². The molecule has 2 aliphatic heterocycles. The van der Waals surface area contributed by atoms with Crippen LogP contribution in [0.3, 0.4) is 0 Å². The zero-order valence-electron chi connectivity index (χ0n) is 12.7. The predicted octanol–water partition coefficient (Wildman–Crippen LogP) is 2.66. The molecule has 110 valence electrons. The van der Waals surface area contributed by atoms with Gasteiger partial charge in [-0.25, -0.2) is 0 Å². The first-order valence-corrected chi connectivity index (χ1v) is 7.84. The van der Waals surface area contributed by atoms with E-state index in [1.807, 2.05) is 0 Å². The molecule has 2 heterocycles. The maximum absolute atomic E-state index is 5.78. The van der Waals surface area contributed by atoms with E-state index in [0.29, 0.717) is 5.41 Å². The van der Waals surface area contributed by atoms with Crippen molar-refractivity contribution in [2.75, 3.05) is 26.2 Å². The van der Waals surface area contributed by atoms with E-state index in [9.17, 15) is 0 Å². The van der Waals surface area contributed by atoms with Gasteiger partial charge in [0.2, 0.25) is 0 Å². The fraction of sp³-hybridized carbons (Fsp3) is 0.647. The molecule has 1 unspecified atom stereocenters. The first-order chi connectivity index (χ1) is 9.65. The minimum atomic E-state index is 0.241. The molecule has 1 N–H and O–H groups in total. The van der Waals surface area contributed by atoms with E-state index in [1.54, 1.807) is 0 Å². The molecule has 0 aromatic heterocycles. The summed E-state index contributed by atoms with van der Waals surface area (Å²) in [6, 6.07) is 8.56. The Hall–Kier alpha value is -1.06. The summed E-state index contributed by atoms with van der Waals surface area (Å²) in [6.45, 7) is 10.1. The largest absolute Gasteiger partial charge is 0.491 e. The van der Waals surface area contributed by atoms with Crippen LogP contribution < -0.4 is 10.1 Å². The number of hydrogen-bond acceptors (Lipinski definition) is 3. The van der Waals surface area contributed by atoms with Crippen molar-refractivity contribution in [3.05, 3.63) is 29.8 Å². The maximum Gasteiger partial charge on any atom is 0.120 e. The van der Waals surface area contributed by atoms with E-state index in [2.05, 4.69) is 48.3 Å². The van der Waals surface area contributed by atoms with Crippen molar-refractivity contribution >= 4 is 0 Å². The minimum absolute atomic E-state index is 0.241. The van der Waals surface area contributed by atoms with Gasteiger partial charge in [0.25, 0.3) is 0 Å². The molecule has 1 spiro atoms. The van der Waals surface area contributed by atoms with Gasteiger partial charge in [-0.05, 0) is 62.9 Å². The van der Waals surface area contributed by atoms with E-state index in [0.717, 1.165) is 12.3 Å². The summed E-state index contributed by atoms with van der Waals surface area (Å²) in [6.07, 6.45) is 2.94. The highest BCUT2D eigenvalue weighted by molar-refractivity contribution is 5.28. The highest BCUT2D eigenvalue weighted by Crippen LogP contribution is 2.36. The van der Waals surface area contributed by atoms with Gasteiger partial charge in [-0.3, -0.25) is 4.90 Å². The second kappa shape index (κ2) is 5.74. The van der Waals surface area contributed by atoms with Gasteiger partial charge < -0.3 is 10.1 Å². The summed E-state index contributed by atoms with van der Waals surface area (Å²) >= 11 is 0. The summed E-state index contributed by atoms with van der Waals surface area (Å²) < 4.78 is 5.78. The van der Waals surface area contributed by atoms with Crippen LogP contribution in [0.15, 0.2) is 24.3 Å². The molecule has 0 aliphatic carbocycles. The van der Waals surface area contributed by atoms with Crippen molar-refractivity contribution in [3.8, 4) is 5.75 Å². The lowest BCUT2D eigenvalue weighted by atomic mass is 9.86. The highest BCUT2D eigenvalue weighted by atomic mass is 16.5. The highest BCUT2D eigenvalue weighted by Gasteiger charge is 2.39. The van der Waals surface area contributed by atoms with Crippen LogP contribution in [0.4, 0.5) is 0 Å². The second-order valence-electron chi connectivity index (χ2n) is 6.70. The van der Waals surface area contributed by atoms with Crippen LogP contribution in [-0.2, 0) is 6.54 Å². The van der Waals surface area contributed by atoms with E-state index in [4.69, 9.17) is 4.74 Å². The first-order valence-electron chi connectivity index (χ1n) is 7.84. The third kappa shape index (κ3) is 3.15. The van der Waals surface area contributed by atoms with E-state index >= 15 is 0 Å². The summed E-state index contributed by atoms with van der Waals surface area (Å²) in [4.78, 5) is 2.60. The first kappa shape index (κ1) is 13.9. The molecule has 0 radical (unpaired) electrons. The fourth-order valence-corrected chi connectivity index (χ4v) is 3.55. The smallest absolute Gasteiger partial charge is 0.120 e. The topological polar surface area (TPSA) is 24.5 Å². The van der Waals surface area contributed by atoms with Crippen molar-refractivity contribution in [1.82, 2.24) is 10.2 Å². The van der Waals surface area contributed by atoms with Crippen LogP contribution in [0.25, 0.3) is 0 Å². The molecule has 3 rings (SSSR count). The third-order valence-electron chi connectivity index (χ3n) is 4.53. The van der Waals surface area contributed by atoms with Gasteiger partial charge in [-0.2, -0.15) is 0 Å². The summed E-state index contributed by atoms with van der Waals surface area (Å²) in [5, 5.41) is 3.52. The second-order valence-corrected chi connectivity index (χ2v) is 6.70. The average Bonchev–Trinajstić information content (AvgIpc) is 3.00. The lowest BCUT2D eigenvalue weighted by Crippen LogP contribution is -2.28. The number of benzene rings is 1. The van der Waals surface area contributed by atoms with Crippen molar-refractivity contribution in [2.45, 2.75) is 39.3 Å². The number of rotatable bonds is 4. The predicted molar refractivity (Wildman–Crippen MR) is 82.0 cm³/mol. The minimum Gasteiger partial charge on any atom is -0.491 e. The fourth-order valence-electron chi connectivity index (χ4n) is 3.55. The molecule has 1 atom stereocenters. The van der Waals surface area contributed by atoms with E-state index in [1.165, 1.54) is 44.6 Å². The Labute approximate surface area is 122 Å². The van der Waals surface area contributed by atoms with Crippen LogP contribution >= 0.6 is 0 Å². The normalized spacial score (nSPS) is 26.8. The zero-order valence-corrected chi connectivity index (χ0v) is 12.7. The quantitative estimate of drug-likeness (QED) is 0.913. The summed E-state index contributed by atoms with van der Waals surface area (Å²) in [5.41, 5.74) is 1.93. The van der Waals surface area contributed by atoms with Gasteiger partial charge in [0.05, 0.1) is 6.10 Å². The van der Waals surface area contributed by atoms with Gasteiger partial charge in [-0.15, -0.1) is 0 Å². The summed E-state index contributed by atoms with van der Waals surface area (Å²) in [5.74, 6) is 0.994. The van der Waals surface area contributed by atoms with E-state index in [-0.39, 0.29) is 6.10 Å². The van der Waals surface area contributed by atoms with Crippen LogP contribution in [0.2, 0.25) is 0 Å².